The van der Waals surface area contributed by atoms with E-state index in [0.29, 0.717) is 22.8 Å². The molecule has 4 rings (SSSR count). The second kappa shape index (κ2) is 8.32. The van der Waals surface area contributed by atoms with Gasteiger partial charge in [-0.1, -0.05) is 48.5 Å². The molecule has 0 aliphatic carbocycles. The van der Waals surface area contributed by atoms with Gasteiger partial charge in [-0.15, -0.1) is 4.83 Å². The van der Waals surface area contributed by atoms with E-state index < -0.39 is 15.9 Å². The van der Waals surface area contributed by atoms with E-state index in [-0.39, 0.29) is 4.90 Å². The maximum absolute atomic E-state index is 12.4. The van der Waals surface area contributed by atoms with Gasteiger partial charge < -0.3 is 4.42 Å². The molecule has 0 saturated carbocycles. The second-order valence-electron chi connectivity index (χ2n) is 6.35. The summed E-state index contributed by atoms with van der Waals surface area (Å²) in [7, 11) is -3.93. The van der Waals surface area contributed by atoms with Crippen molar-refractivity contribution in [2.45, 2.75) is 4.90 Å². The number of benzene rings is 3. The van der Waals surface area contributed by atoms with Gasteiger partial charge in [0.15, 0.2) is 5.76 Å². The number of hydrazine groups is 1. The van der Waals surface area contributed by atoms with Crippen molar-refractivity contribution in [3.8, 4) is 22.8 Å². The Hall–Kier alpha value is -3.75. The molecule has 30 heavy (non-hydrogen) atoms. The number of aromatic nitrogens is 1. The monoisotopic (exact) mass is 419 g/mol. The van der Waals surface area contributed by atoms with Crippen LogP contribution in [0, 0.1) is 0 Å². The SMILES string of the molecule is O=C(NNS(=O)(=O)c1ccc(-c2ncc(-c3ccccc3)o2)cc1)c1ccccc1. The number of hydrogen-bond donors (Lipinski definition) is 2. The van der Waals surface area contributed by atoms with Crippen LogP contribution in [0.5, 0.6) is 0 Å². The predicted molar refractivity (Wildman–Crippen MR) is 112 cm³/mol. The first kappa shape index (κ1) is 19.6. The molecule has 1 aromatic heterocycles. The molecule has 0 saturated heterocycles. The van der Waals surface area contributed by atoms with Gasteiger partial charge >= 0.3 is 0 Å². The molecule has 0 fully saturated rings. The summed E-state index contributed by atoms with van der Waals surface area (Å²) in [5.74, 6) is 0.444. The van der Waals surface area contributed by atoms with Gasteiger partial charge in [0.05, 0.1) is 11.1 Å². The molecule has 0 radical (unpaired) electrons. The molecule has 0 aliphatic heterocycles. The summed E-state index contributed by atoms with van der Waals surface area (Å²) in [4.78, 5) is 18.4. The van der Waals surface area contributed by atoms with Gasteiger partial charge in [-0.3, -0.25) is 10.2 Å². The molecule has 3 aromatic carbocycles. The van der Waals surface area contributed by atoms with Crippen molar-refractivity contribution in [2.75, 3.05) is 0 Å². The van der Waals surface area contributed by atoms with Crippen molar-refractivity contribution in [3.63, 3.8) is 0 Å². The summed E-state index contributed by atoms with van der Waals surface area (Å²) in [6.07, 6.45) is 1.62. The molecule has 0 bridgehead atoms. The van der Waals surface area contributed by atoms with Gasteiger partial charge in [0, 0.05) is 16.7 Å². The molecule has 1 heterocycles. The van der Waals surface area contributed by atoms with E-state index in [9.17, 15) is 13.2 Å². The van der Waals surface area contributed by atoms with Crippen molar-refractivity contribution in [1.82, 2.24) is 15.2 Å². The Morgan fingerprint density at radius 1 is 0.800 bits per heavy atom. The number of nitrogens with zero attached hydrogens (tertiary/aromatic N) is 1. The highest BCUT2D eigenvalue weighted by atomic mass is 32.2. The number of amides is 1. The topological polar surface area (TPSA) is 101 Å². The fourth-order valence-electron chi connectivity index (χ4n) is 2.75. The zero-order valence-corrected chi connectivity index (χ0v) is 16.5. The van der Waals surface area contributed by atoms with Crippen molar-refractivity contribution in [2.24, 2.45) is 0 Å². The quantitative estimate of drug-likeness (QED) is 0.465. The van der Waals surface area contributed by atoms with Crippen LogP contribution in [0.25, 0.3) is 22.8 Å². The predicted octanol–water partition coefficient (Wildman–Crippen LogP) is 3.63. The van der Waals surface area contributed by atoms with E-state index in [2.05, 4.69) is 15.2 Å². The fourth-order valence-corrected chi connectivity index (χ4v) is 3.59. The van der Waals surface area contributed by atoms with Crippen molar-refractivity contribution < 1.29 is 17.6 Å². The van der Waals surface area contributed by atoms with Crippen LogP contribution >= 0.6 is 0 Å². The minimum atomic E-state index is -3.93. The Balaban J connectivity index is 1.46. The third kappa shape index (κ3) is 4.29. The van der Waals surface area contributed by atoms with E-state index in [1.807, 2.05) is 30.3 Å². The van der Waals surface area contributed by atoms with E-state index in [4.69, 9.17) is 4.42 Å². The third-order valence-electron chi connectivity index (χ3n) is 4.31. The summed E-state index contributed by atoms with van der Waals surface area (Å²) < 4.78 is 30.7. The maximum atomic E-state index is 12.4. The first-order chi connectivity index (χ1) is 14.5. The van der Waals surface area contributed by atoms with Gasteiger partial charge in [0.2, 0.25) is 5.89 Å². The summed E-state index contributed by atoms with van der Waals surface area (Å²) >= 11 is 0. The van der Waals surface area contributed by atoms with E-state index in [0.717, 1.165) is 5.56 Å². The summed E-state index contributed by atoms with van der Waals surface area (Å²) in [5.41, 5.74) is 4.07. The number of oxazole rings is 1. The molecule has 8 heteroatoms. The molecule has 0 aliphatic rings. The standard InChI is InChI=1S/C22H17N3O4S/c26-21(17-9-5-2-6-10-17)24-25-30(27,28)19-13-11-18(12-14-19)22-23-15-20(29-22)16-7-3-1-4-8-16/h1-15,25H,(H,24,26). The zero-order valence-electron chi connectivity index (χ0n) is 15.6. The number of carbonyl (C=O) groups is 1. The van der Waals surface area contributed by atoms with Crippen molar-refractivity contribution in [1.29, 1.82) is 0 Å². The van der Waals surface area contributed by atoms with Crippen LogP contribution in [-0.2, 0) is 10.0 Å². The molecule has 0 spiro atoms. The van der Waals surface area contributed by atoms with E-state index >= 15 is 0 Å². The largest absolute Gasteiger partial charge is 0.436 e. The average molecular weight is 419 g/mol. The lowest BCUT2D eigenvalue weighted by atomic mass is 10.2. The third-order valence-corrected chi connectivity index (χ3v) is 5.57. The minimum absolute atomic E-state index is 0.00514. The van der Waals surface area contributed by atoms with Gasteiger partial charge in [-0.2, -0.15) is 0 Å². The molecular weight excluding hydrogens is 402 g/mol. The first-order valence-corrected chi connectivity index (χ1v) is 10.5. The molecule has 7 nitrogen and oxygen atoms in total. The molecule has 0 unspecified atom stereocenters. The number of hydrogen-bond acceptors (Lipinski definition) is 5. The Bertz CT molecular complexity index is 1250. The van der Waals surface area contributed by atoms with Crippen LogP contribution < -0.4 is 10.3 Å². The van der Waals surface area contributed by atoms with Crippen LogP contribution in [0.4, 0.5) is 0 Å². The van der Waals surface area contributed by atoms with Gasteiger partial charge in [0.25, 0.3) is 15.9 Å². The van der Waals surface area contributed by atoms with Crippen LogP contribution in [0.3, 0.4) is 0 Å². The van der Waals surface area contributed by atoms with Gasteiger partial charge in [-0.25, -0.2) is 13.4 Å². The van der Waals surface area contributed by atoms with Crippen LogP contribution in [0.15, 0.2) is 100 Å². The molecular formula is C22H17N3O4S. The maximum Gasteiger partial charge on any atom is 0.266 e. The normalized spacial score (nSPS) is 11.2. The van der Waals surface area contributed by atoms with Gasteiger partial charge in [-0.05, 0) is 36.4 Å². The van der Waals surface area contributed by atoms with Crippen LogP contribution in [0.2, 0.25) is 0 Å². The smallest absolute Gasteiger partial charge is 0.266 e. The molecule has 150 valence electrons. The number of carbonyl (C=O) groups excluding carboxylic acids is 1. The molecule has 1 amide bonds. The lowest BCUT2D eigenvalue weighted by Crippen LogP contribution is -2.41. The minimum Gasteiger partial charge on any atom is -0.436 e. The number of rotatable bonds is 6. The summed E-state index contributed by atoms with van der Waals surface area (Å²) in [6.45, 7) is 0. The number of nitrogens with one attached hydrogen (secondary N) is 2. The highest BCUT2D eigenvalue weighted by Crippen LogP contribution is 2.26. The van der Waals surface area contributed by atoms with Crippen LogP contribution in [0.1, 0.15) is 10.4 Å². The average Bonchev–Trinajstić information content (AvgIpc) is 3.29. The first-order valence-electron chi connectivity index (χ1n) is 9.02. The van der Waals surface area contributed by atoms with E-state index in [1.54, 1.807) is 48.7 Å². The van der Waals surface area contributed by atoms with Gasteiger partial charge in [0.1, 0.15) is 0 Å². The molecule has 2 N–H and O–H groups in total. The second-order valence-corrected chi connectivity index (χ2v) is 8.03. The zero-order chi connectivity index (χ0) is 21.0. The fraction of sp³-hybridized carbons (Fsp3) is 0. The summed E-state index contributed by atoms with van der Waals surface area (Å²) in [6, 6.07) is 23.9. The Kier molecular flexibility index (Phi) is 5.42. The number of sulfonamides is 1. The van der Waals surface area contributed by atoms with E-state index in [1.165, 1.54) is 12.1 Å². The Labute approximate surface area is 173 Å². The van der Waals surface area contributed by atoms with Crippen molar-refractivity contribution in [3.05, 3.63) is 96.7 Å². The highest BCUT2D eigenvalue weighted by Gasteiger charge is 2.17. The lowest BCUT2D eigenvalue weighted by molar-refractivity contribution is 0.0945. The van der Waals surface area contributed by atoms with Crippen LogP contribution in [-0.4, -0.2) is 19.3 Å². The molecule has 4 aromatic rings. The molecule has 0 atom stereocenters. The summed E-state index contributed by atoms with van der Waals surface area (Å²) in [5, 5.41) is 0. The Morgan fingerprint density at radius 2 is 1.43 bits per heavy atom. The van der Waals surface area contributed by atoms with Crippen molar-refractivity contribution >= 4 is 15.9 Å². The lowest BCUT2D eigenvalue weighted by Gasteiger charge is -2.08. The highest BCUT2D eigenvalue weighted by molar-refractivity contribution is 7.89. The Morgan fingerprint density at radius 3 is 2.10 bits per heavy atom.